The second kappa shape index (κ2) is 15.5. The summed E-state index contributed by atoms with van der Waals surface area (Å²) in [5.41, 5.74) is 10.9. The predicted octanol–water partition coefficient (Wildman–Crippen LogP) is 0.355. The van der Waals surface area contributed by atoms with Crippen LogP contribution in [0.5, 0.6) is 11.5 Å². The number of thioether (sulfide) groups is 1. The minimum Gasteiger partial charge on any atom is -0.504 e. The van der Waals surface area contributed by atoms with Gasteiger partial charge in [0.15, 0.2) is 22.3 Å². The summed E-state index contributed by atoms with van der Waals surface area (Å²) >= 11 is 14.2. The number of hydrogen-bond donors (Lipinski definition) is 8. The summed E-state index contributed by atoms with van der Waals surface area (Å²) in [6, 6.07) is 0.900. The van der Waals surface area contributed by atoms with E-state index in [4.69, 9.17) is 39.5 Å². The fourth-order valence-electron chi connectivity index (χ4n) is 6.11. The van der Waals surface area contributed by atoms with Crippen LogP contribution in [0.2, 0.25) is 9.36 Å². The maximum absolute atomic E-state index is 13.6. The Labute approximate surface area is 307 Å². The van der Waals surface area contributed by atoms with Crippen LogP contribution < -0.4 is 22.1 Å². The summed E-state index contributed by atoms with van der Waals surface area (Å²) in [5.74, 6) is -6.60. The van der Waals surface area contributed by atoms with Crippen LogP contribution in [-0.2, 0) is 24.0 Å². The van der Waals surface area contributed by atoms with Gasteiger partial charge in [-0.25, -0.2) is 14.6 Å². The number of likely N-dealkylation sites (tertiary alicyclic amines) is 1. The van der Waals surface area contributed by atoms with Crippen LogP contribution in [0.1, 0.15) is 28.9 Å². The number of phenols is 2. The number of oxime groups is 1. The zero-order chi connectivity index (χ0) is 37.2. The monoisotopic (exact) mass is 787 g/mol. The van der Waals surface area contributed by atoms with E-state index in [1.54, 1.807) is 0 Å². The van der Waals surface area contributed by atoms with E-state index in [1.807, 2.05) is 0 Å². The lowest BCUT2D eigenvalue weighted by Crippen LogP contribution is -2.71. The number of fused-ring (bicyclic) bond motifs is 1. The number of benzene rings is 1. The van der Waals surface area contributed by atoms with Crippen molar-refractivity contribution in [1.82, 2.24) is 20.5 Å². The number of carbonyl (C=O) groups is 5. The van der Waals surface area contributed by atoms with E-state index in [9.17, 15) is 44.4 Å². The number of aromatic nitrogens is 1. The molecule has 4 heterocycles. The molecule has 3 aliphatic heterocycles. The number of carbonyl (C=O) groups excluding carboxylic acids is 3. The number of nitrogens with one attached hydrogen (secondary N) is 2. The highest BCUT2D eigenvalue weighted by atomic mass is 35.5. The number of amides is 3. The van der Waals surface area contributed by atoms with Crippen LogP contribution >= 0.6 is 46.3 Å². The summed E-state index contributed by atoms with van der Waals surface area (Å²) in [4.78, 5) is 74.4. The van der Waals surface area contributed by atoms with Crippen LogP contribution in [0.15, 0.2) is 28.6 Å². The molecule has 51 heavy (non-hydrogen) atoms. The topological polar surface area (TPSA) is 280 Å². The lowest BCUT2D eigenvalue weighted by molar-refractivity contribution is -0.910. The van der Waals surface area contributed by atoms with Gasteiger partial charge in [0.05, 0.1) is 36.8 Å². The van der Waals surface area contributed by atoms with Crippen LogP contribution in [-0.4, -0.2) is 133 Å². The van der Waals surface area contributed by atoms with Gasteiger partial charge in [0.2, 0.25) is 6.10 Å². The molecule has 18 nitrogen and oxygen atoms in total. The molecule has 1 unspecified atom stereocenters. The number of nitrogen functional groups attached to an aromatic ring is 1. The first-order valence-corrected chi connectivity index (χ1v) is 17.9. The lowest BCUT2D eigenvalue weighted by atomic mass is 10.0. The van der Waals surface area contributed by atoms with Crippen LogP contribution in [0.4, 0.5) is 5.13 Å². The first-order chi connectivity index (χ1) is 24.2. The van der Waals surface area contributed by atoms with Gasteiger partial charge < -0.3 is 51.8 Å². The van der Waals surface area contributed by atoms with Crippen molar-refractivity contribution in [3.05, 3.63) is 44.0 Å². The number of thiazole rings is 1. The minimum absolute atomic E-state index is 0.0721. The van der Waals surface area contributed by atoms with Crippen LogP contribution in [0.25, 0.3) is 0 Å². The van der Waals surface area contributed by atoms with Gasteiger partial charge in [0, 0.05) is 30.7 Å². The van der Waals surface area contributed by atoms with E-state index < -0.39 is 76.0 Å². The number of halogens is 2. The maximum atomic E-state index is 13.6. The predicted molar refractivity (Wildman–Crippen MR) is 185 cm³/mol. The third kappa shape index (κ3) is 7.80. The number of quaternary nitrogens is 1. The molecule has 3 aliphatic rings. The van der Waals surface area contributed by atoms with E-state index in [1.165, 1.54) is 11.8 Å². The molecule has 3 atom stereocenters. The molecule has 274 valence electrons. The Kier molecular flexibility index (Phi) is 11.5. The van der Waals surface area contributed by atoms with Crippen molar-refractivity contribution in [3.63, 3.8) is 0 Å². The zero-order valence-electron chi connectivity index (χ0n) is 26.5. The zero-order valence-corrected chi connectivity index (χ0v) is 29.6. The second-order valence-electron chi connectivity index (χ2n) is 11.8. The molecule has 2 fully saturated rings. The van der Waals surface area contributed by atoms with Crippen molar-refractivity contribution in [3.8, 4) is 11.5 Å². The quantitative estimate of drug-likeness (QED) is 0.0422. The van der Waals surface area contributed by atoms with E-state index >= 15 is 0 Å². The highest BCUT2D eigenvalue weighted by molar-refractivity contribution is 8.00. The molecule has 0 spiro atoms. The van der Waals surface area contributed by atoms with Crippen molar-refractivity contribution in [2.45, 2.75) is 30.4 Å². The second-order valence-corrected chi connectivity index (χ2v) is 15.0. The summed E-state index contributed by atoms with van der Waals surface area (Å²) in [7, 11) is 0. The number of phenolic OH excluding ortho intramolecular Hbond substituents is 2. The maximum Gasteiger partial charge on any atom is 0.352 e. The van der Waals surface area contributed by atoms with Crippen molar-refractivity contribution in [2.75, 3.05) is 50.8 Å². The number of carboxylic acid groups (broad SMARTS) is 2. The number of anilines is 1. The molecule has 2 saturated heterocycles. The number of carboxylic acids is 2. The summed E-state index contributed by atoms with van der Waals surface area (Å²) in [6.45, 7) is 2.55. The fraction of sp³-hybridized carbons (Fsp3) is 0.414. The van der Waals surface area contributed by atoms with E-state index in [0.29, 0.717) is 35.4 Å². The van der Waals surface area contributed by atoms with Crippen molar-refractivity contribution >= 4 is 86.8 Å². The summed E-state index contributed by atoms with van der Waals surface area (Å²) in [6.07, 6.45) is 0.0897. The van der Waals surface area contributed by atoms with Crippen LogP contribution in [0.3, 0.4) is 0 Å². The molecular weight excluding hydrogens is 755 g/mol. The van der Waals surface area contributed by atoms with Gasteiger partial charge in [-0.15, -0.1) is 11.8 Å². The number of β-lactam (4-membered cyclic amide) rings is 1. The molecule has 10 N–H and O–H groups in total. The van der Waals surface area contributed by atoms with Crippen molar-refractivity contribution in [2.24, 2.45) is 10.9 Å². The summed E-state index contributed by atoms with van der Waals surface area (Å²) < 4.78 is 0.528. The number of nitrogens with two attached hydrogens (primary N) is 2. The molecule has 0 bridgehead atoms. The normalized spacial score (nSPS) is 20.3. The Morgan fingerprint density at radius 2 is 1.88 bits per heavy atom. The third-order valence-corrected chi connectivity index (χ3v) is 11.4. The average Bonchev–Trinajstić information content (AvgIpc) is 3.68. The standard InChI is InChI=1S/C29H32Cl2N8O10S2/c30-16-13(3-4-14(40)21(16)41)23(42)34-9-15(27(45)46)49-37-18(17-22(31)51-29(33)36-17)24(43)35-19-25(44)38-20(28(47)48)12(11-50-26(19)38)10-39(8-5-32)6-1-2-7-39/h3-4,15,19,26H,1-2,5-11,32H2,(H7-,33,34,35,36,37,40,41,42,43,45,46,47,48)/p+1/t15?,19-,26-/m1/s1. The fourth-order valence-corrected chi connectivity index (χ4v) is 8.62. The molecule has 22 heteroatoms. The van der Waals surface area contributed by atoms with E-state index in [0.717, 1.165) is 54.3 Å². The smallest absolute Gasteiger partial charge is 0.352 e. The Morgan fingerprint density at radius 3 is 2.49 bits per heavy atom. The number of aromatic hydroxyl groups is 2. The molecule has 0 saturated carbocycles. The number of rotatable bonds is 14. The first kappa shape index (κ1) is 37.9. The molecule has 1 aromatic carbocycles. The van der Waals surface area contributed by atoms with Gasteiger partial charge in [-0.1, -0.05) is 39.7 Å². The molecule has 0 aliphatic carbocycles. The van der Waals surface area contributed by atoms with Gasteiger partial charge in [0.1, 0.15) is 33.7 Å². The van der Waals surface area contributed by atoms with Crippen LogP contribution in [0, 0.1) is 0 Å². The Morgan fingerprint density at radius 1 is 1.18 bits per heavy atom. The lowest BCUT2D eigenvalue weighted by Gasteiger charge is -2.50. The number of hydrogen-bond acceptors (Lipinski definition) is 14. The Balaban J connectivity index is 1.33. The Bertz CT molecular complexity index is 1830. The first-order valence-electron chi connectivity index (χ1n) is 15.3. The van der Waals surface area contributed by atoms with E-state index in [2.05, 4.69) is 20.8 Å². The molecule has 0 radical (unpaired) electrons. The summed E-state index contributed by atoms with van der Waals surface area (Å²) in [5, 5.41) is 46.4. The van der Waals surface area contributed by atoms with Crippen molar-refractivity contribution < 1.29 is 53.7 Å². The molecule has 3 amide bonds. The SMILES string of the molecule is NCC[N+]1(CC2=C(C(=O)O)N3C(=O)[C@@H](NC(=O)/C(=N\OC(CNC(=O)c4ccc(O)c(O)c4Cl)C(=O)O)c4nc(N)sc4Cl)[C@H]3SC2)CCCC1. The number of aliphatic carboxylic acids is 2. The van der Waals surface area contributed by atoms with Gasteiger partial charge in [-0.05, 0) is 12.1 Å². The third-order valence-electron chi connectivity index (χ3n) is 8.56. The highest BCUT2D eigenvalue weighted by Gasteiger charge is 2.55. The Hall–Kier alpha value is -4.34. The molecular formula is C29H33Cl2N8O10S2+. The van der Waals surface area contributed by atoms with Gasteiger partial charge >= 0.3 is 11.9 Å². The minimum atomic E-state index is -1.90. The highest BCUT2D eigenvalue weighted by Crippen LogP contribution is 2.42. The van der Waals surface area contributed by atoms with Gasteiger partial charge in [-0.3, -0.25) is 19.3 Å². The molecule has 2 aromatic rings. The number of nitrogens with zero attached hydrogens (tertiary/aromatic N) is 4. The van der Waals surface area contributed by atoms with E-state index in [-0.39, 0.29) is 26.4 Å². The van der Waals surface area contributed by atoms with Crippen molar-refractivity contribution in [1.29, 1.82) is 0 Å². The molecule has 1 aromatic heterocycles. The van der Waals surface area contributed by atoms with Gasteiger partial charge in [-0.2, -0.15) is 0 Å². The largest absolute Gasteiger partial charge is 0.504 e. The average molecular weight is 789 g/mol. The van der Waals surface area contributed by atoms with Gasteiger partial charge in [0.25, 0.3) is 17.7 Å². The molecule has 5 rings (SSSR count).